The predicted molar refractivity (Wildman–Crippen MR) is 147 cm³/mol. The summed E-state index contributed by atoms with van der Waals surface area (Å²) in [5, 5.41) is 6.33. The molecular formula is C30H39N5O4. The molecule has 2 aromatic carbocycles. The molecule has 0 aromatic heterocycles. The molecule has 0 radical (unpaired) electrons. The first-order valence-electron chi connectivity index (χ1n) is 14.0. The summed E-state index contributed by atoms with van der Waals surface area (Å²) in [5.74, 6) is 1.07. The average Bonchev–Trinajstić information content (AvgIpc) is 2.95. The van der Waals surface area contributed by atoms with E-state index >= 15 is 0 Å². The van der Waals surface area contributed by atoms with Crippen molar-refractivity contribution in [1.29, 1.82) is 0 Å². The molecule has 2 atom stereocenters. The molecule has 9 heteroatoms. The van der Waals surface area contributed by atoms with Crippen LogP contribution in [0.4, 0.5) is 4.79 Å². The molecule has 5 rings (SSSR count). The Morgan fingerprint density at radius 3 is 2.38 bits per heavy atom. The van der Waals surface area contributed by atoms with E-state index in [0.717, 1.165) is 29.7 Å². The summed E-state index contributed by atoms with van der Waals surface area (Å²) in [6, 6.07) is 16.4. The van der Waals surface area contributed by atoms with Gasteiger partial charge in [0.1, 0.15) is 18.0 Å². The lowest BCUT2D eigenvalue weighted by atomic mass is 9.88. The number of hydrogen-bond acceptors (Lipinski definition) is 5. The zero-order valence-corrected chi connectivity index (χ0v) is 22.9. The molecule has 2 saturated heterocycles. The number of urea groups is 1. The monoisotopic (exact) mass is 533 g/mol. The van der Waals surface area contributed by atoms with Gasteiger partial charge in [-0.15, -0.1) is 0 Å². The van der Waals surface area contributed by atoms with Gasteiger partial charge in [-0.25, -0.2) is 14.8 Å². The van der Waals surface area contributed by atoms with Crippen LogP contribution in [0.25, 0.3) is 0 Å². The SMILES string of the molecule is COc1ccc(CNC(=O)N2C3CN(CC4CCCCC4)C(=O)[C@H](Cc4ccccc4)N3C(=O)CN2C)cc1. The van der Waals surface area contributed by atoms with Crippen molar-refractivity contribution in [3.63, 3.8) is 0 Å². The van der Waals surface area contributed by atoms with Gasteiger partial charge in [0.25, 0.3) is 0 Å². The number of rotatable bonds is 7. The molecule has 2 heterocycles. The number of likely N-dealkylation sites (N-methyl/N-ethyl adjacent to an activating group) is 1. The van der Waals surface area contributed by atoms with Crippen LogP contribution in [-0.2, 0) is 22.6 Å². The second-order valence-electron chi connectivity index (χ2n) is 10.9. The molecule has 9 nitrogen and oxygen atoms in total. The van der Waals surface area contributed by atoms with Gasteiger partial charge in [-0.1, -0.05) is 61.7 Å². The van der Waals surface area contributed by atoms with Gasteiger partial charge in [-0.05, 0) is 42.0 Å². The van der Waals surface area contributed by atoms with Gasteiger partial charge in [-0.2, -0.15) is 0 Å². The minimum atomic E-state index is -0.646. The van der Waals surface area contributed by atoms with Gasteiger partial charge in [-0.3, -0.25) is 9.59 Å². The van der Waals surface area contributed by atoms with Crippen molar-refractivity contribution in [1.82, 2.24) is 25.1 Å². The Hall–Kier alpha value is -3.59. The second-order valence-corrected chi connectivity index (χ2v) is 10.9. The molecule has 0 spiro atoms. The molecule has 2 aliphatic heterocycles. The molecule has 1 aliphatic carbocycles. The Balaban J connectivity index is 1.39. The maximum atomic E-state index is 13.9. The van der Waals surface area contributed by atoms with Crippen LogP contribution in [0.2, 0.25) is 0 Å². The number of nitrogens with one attached hydrogen (secondary N) is 1. The molecule has 1 unspecified atom stereocenters. The predicted octanol–water partition coefficient (Wildman–Crippen LogP) is 3.26. The highest BCUT2D eigenvalue weighted by atomic mass is 16.5. The molecular weight excluding hydrogens is 494 g/mol. The Morgan fingerprint density at radius 2 is 1.69 bits per heavy atom. The van der Waals surface area contributed by atoms with E-state index in [1.807, 2.05) is 59.5 Å². The molecule has 2 aromatic rings. The van der Waals surface area contributed by atoms with Crippen LogP contribution >= 0.6 is 0 Å². The van der Waals surface area contributed by atoms with E-state index in [4.69, 9.17) is 4.74 Å². The fourth-order valence-electron chi connectivity index (χ4n) is 6.19. The number of nitrogens with zero attached hydrogens (tertiary/aromatic N) is 4. The van der Waals surface area contributed by atoms with Gasteiger partial charge in [0.2, 0.25) is 11.8 Å². The molecule has 1 N–H and O–H groups in total. The van der Waals surface area contributed by atoms with Gasteiger partial charge in [0.05, 0.1) is 20.2 Å². The zero-order chi connectivity index (χ0) is 27.4. The van der Waals surface area contributed by atoms with Gasteiger partial charge in [0, 0.05) is 26.6 Å². The number of amides is 4. The van der Waals surface area contributed by atoms with Gasteiger partial charge in [0.15, 0.2) is 0 Å². The number of methoxy groups -OCH3 is 1. The average molecular weight is 534 g/mol. The summed E-state index contributed by atoms with van der Waals surface area (Å²) in [6.07, 6.45) is 5.72. The van der Waals surface area contributed by atoms with Crippen LogP contribution in [0.5, 0.6) is 5.75 Å². The third-order valence-corrected chi connectivity index (χ3v) is 8.23. The number of benzene rings is 2. The van der Waals surface area contributed by atoms with E-state index in [1.165, 1.54) is 19.3 Å². The summed E-state index contributed by atoms with van der Waals surface area (Å²) in [4.78, 5) is 44.5. The van der Waals surface area contributed by atoms with Crippen LogP contribution in [0.1, 0.15) is 43.2 Å². The maximum absolute atomic E-state index is 13.9. The van der Waals surface area contributed by atoms with E-state index in [2.05, 4.69) is 5.32 Å². The first-order valence-corrected chi connectivity index (χ1v) is 14.0. The third kappa shape index (κ3) is 6.03. The molecule has 3 fully saturated rings. The molecule has 3 aliphatic rings. The van der Waals surface area contributed by atoms with E-state index in [1.54, 1.807) is 29.1 Å². The van der Waals surface area contributed by atoms with Crippen molar-refractivity contribution in [2.45, 2.75) is 57.3 Å². The van der Waals surface area contributed by atoms with E-state index in [-0.39, 0.29) is 24.4 Å². The number of piperazine rings is 1. The number of fused-ring (bicyclic) bond motifs is 1. The minimum absolute atomic E-state index is 0.0165. The third-order valence-electron chi connectivity index (χ3n) is 8.23. The Bertz CT molecular complexity index is 1150. The van der Waals surface area contributed by atoms with Crippen LogP contribution in [0.3, 0.4) is 0 Å². The molecule has 208 valence electrons. The topological polar surface area (TPSA) is 85.4 Å². The lowest BCUT2D eigenvalue weighted by Crippen LogP contribution is -2.76. The van der Waals surface area contributed by atoms with E-state index in [0.29, 0.717) is 32.0 Å². The highest BCUT2D eigenvalue weighted by Gasteiger charge is 2.50. The quantitative estimate of drug-likeness (QED) is 0.591. The number of carbonyl (C=O) groups is 3. The highest BCUT2D eigenvalue weighted by Crippen LogP contribution is 2.31. The Kier molecular flexibility index (Phi) is 8.35. The normalized spacial score (nSPS) is 22.6. The first kappa shape index (κ1) is 27.0. The summed E-state index contributed by atoms with van der Waals surface area (Å²) in [6.45, 7) is 1.36. The number of carbonyl (C=O) groups excluding carboxylic acids is 3. The van der Waals surface area contributed by atoms with Crippen molar-refractivity contribution in [2.24, 2.45) is 5.92 Å². The summed E-state index contributed by atoms with van der Waals surface area (Å²) in [7, 11) is 3.38. The Labute approximate surface area is 230 Å². The molecule has 0 bridgehead atoms. The highest BCUT2D eigenvalue weighted by molar-refractivity contribution is 5.91. The van der Waals surface area contributed by atoms with E-state index < -0.39 is 12.2 Å². The molecule has 1 saturated carbocycles. The van der Waals surface area contributed by atoms with Crippen molar-refractivity contribution in [2.75, 3.05) is 33.8 Å². The first-order chi connectivity index (χ1) is 18.9. The maximum Gasteiger partial charge on any atom is 0.334 e. The van der Waals surface area contributed by atoms with Crippen molar-refractivity contribution in [3.05, 3.63) is 65.7 Å². The lowest BCUT2D eigenvalue weighted by molar-refractivity contribution is -0.187. The van der Waals surface area contributed by atoms with E-state index in [9.17, 15) is 14.4 Å². The van der Waals surface area contributed by atoms with Crippen LogP contribution in [0.15, 0.2) is 54.6 Å². The molecule has 4 amide bonds. The van der Waals surface area contributed by atoms with Crippen LogP contribution in [-0.4, -0.2) is 83.7 Å². The lowest BCUT2D eigenvalue weighted by Gasteiger charge is -2.54. The van der Waals surface area contributed by atoms with Crippen LogP contribution < -0.4 is 10.1 Å². The van der Waals surface area contributed by atoms with Crippen LogP contribution in [0, 0.1) is 5.92 Å². The van der Waals surface area contributed by atoms with Crippen molar-refractivity contribution in [3.8, 4) is 5.75 Å². The molecule has 39 heavy (non-hydrogen) atoms. The van der Waals surface area contributed by atoms with Gasteiger partial charge >= 0.3 is 6.03 Å². The summed E-state index contributed by atoms with van der Waals surface area (Å²) in [5.41, 5.74) is 1.94. The minimum Gasteiger partial charge on any atom is -0.497 e. The largest absolute Gasteiger partial charge is 0.497 e. The summed E-state index contributed by atoms with van der Waals surface area (Å²) >= 11 is 0. The Morgan fingerprint density at radius 1 is 0.974 bits per heavy atom. The van der Waals surface area contributed by atoms with Crippen molar-refractivity contribution < 1.29 is 19.1 Å². The fraction of sp³-hybridized carbons (Fsp3) is 0.500. The smallest absolute Gasteiger partial charge is 0.334 e. The summed E-state index contributed by atoms with van der Waals surface area (Å²) < 4.78 is 5.23. The number of hydrogen-bond donors (Lipinski definition) is 1. The van der Waals surface area contributed by atoms with Crippen molar-refractivity contribution >= 4 is 17.8 Å². The zero-order valence-electron chi connectivity index (χ0n) is 22.9. The van der Waals surface area contributed by atoms with Gasteiger partial charge < -0.3 is 19.9 Å². The number of ether oxygens (including phenoxy) is 1. The fourth-order valence-corrected chi connectivity index (χ4v) is 6.19. The standard InChI is InChI=1S/C30H39N5O4/c1-32-21-28(36)34-26(17-22-9-5-3-6-10-22)29(37)33(19-24-11-7-4-8-12-24)20-27(34)35(32)30(38)31-18-23-13-15-25(39-2)16-14-23/h3,5-6,9-10,13-16,24,26-27H,4,7-8,11-12,17-21H2,1-2H3,(H,31,38)/t26-,27?/m0/s1. The second kappa shape index (κ2) is 12.1. The number of hydrazine groups is 1.